The molecule has 33 heavy (non-hydrogen) atoms. The molecule has 0 spiro atoms. The minimum atomic E-state index is -0.987. The number of imidazole rings is 1. The Balaban J connectivity index is 1.32. The molecule has 0 bridgehead atoms. The van der Waals surface area contributed by atoms with Gasteiger partial charge in [0.2, 0.25) is 17.5 Å². The first kappa shape index (κ1) is 20.7. The summed E-state index contributed by atoms with van der Waals surface area (Å²) < 4.78 is 8.43. The summed E-state index contributed by atoms with van der Waals surface area (Å²) in [6, 6.07) is 15.0. The van der Waals surface area contributed by atoms with Crippen molar-refractivity contribution in [2.45, 2.75) is 18.6 Å². The first-order chi connectivity index (χ1) is 16.0. The van der Waals surface area contributed by atoms with E-state index in [1.54, 1.807) is 8.97 Å². The maximum absolute atomic E-state index is 12.4. The number of rotatable bonds is 7. The van der Waals surface area contributed by atoms with Gasteiger partial charge in [-0.3, -0.25) is 23.9 Å². The zero-order valence-electron chi connectivity index (χ0n) is 17.3. The molecule has 0 fully saturated rings. The Morgan fingerprint density at radius 3 is 2.61 bits per heavy atom. The number of nitrogens with one attached hydrogen (secondary N) is 1. The number of carboxylic acid groups (broad SMARTS) is 1. The molecule has 3 aromatic heterocycles. The molecule has 2 aromatic carbocycles. The molecule has 11 nitrogen and oxygen atoms in total. The number of hydrogen-bond donors (Lipinski definition) is 2. The first-order valence-corrected chi connectivity index (χ1v) is 10.9. The number of carbonyl (C=O) groups excluding carboxylic acids is 1. The predicted octanol–water partition coefficient (Wildman–Crippen LogP) is 2.86. The lowest BCUT2D eigenvalue weighted by atomic mass is 10.1. The van der Waals surface area contributed by atoms with Gasteiger partial charge in [0, 0.05) is 5.56 Å². The summed E-state index contributed by atoms with van der Waals surface area (Å²) in [6.45, 7) is 1.73. The Labute approximate surface area is 190 Å². The maximum Gasteiger partial charge on any atom is 0.328 e. The molecule has 1 amide bonds. The second kappa shape index (κ2) is 8.39. The number of carboxylic acids is 1. The fourth-order valence-corrected chi connectivity index (χ4v) is 4.14. The van der Waals surface area contributed by atoms with E-state index in [-0.39, 0.29) is 24.2 Å². The molecule has 12 heteroatoms. The van der Waals surface area contributed by atoms with Gasteiger partial charge in [-0.1, -0.05) is 58.9 Å². The molecule has 5 rings (SSSR count). The lowest BCUT2D eigenvalue weighted by molar-refractivity contribution is -0.137. The summed E-state index contributed by atoms with van der Waals surface area (Å²) in [5.74, 6) is -0.560. The van der Waals surface area contributed by atoms with Gasteiger partial charge < -0.3 is 9.63 Å². The number of hydrogen-bond acceptors (Lipinski definition) is 8. The van der Waals surface area contributed by atoms with E-state index in [1.807, 2.05) is 55.5 Å². The average Bonchev–Trinajstić information content (AvgIpc) is 3.50. The van der Waals surface area contributed by atoms with E-state index in [0.29, 0.717) is 22.3 Å². The van der Waals surface area contributed by atoms with Crippen LogP contribution in [0.4, 0.5) is 6.01 Å². The number of amides is 1. The molecule has 166 valence electrons. The van der Waals surface area contributed by atoms with E-state index in [0.717, 1.165) is 28.4 Å². The highest BCUT2D eigenvalue weighted by atomic mass is 32.2. The van der Waals surface area contributed by atoms with Crippen LogP contribution in [0.25, 0.3) is 28.2 Å². The number of carbonyl (C=O) groups is 2. The Morgan fingerprint density at radius 2 is 1.85 bits per heavy atom. The third-order valence-electron chi connectivity index (χ3n) is 4.88. The van der Waals surface area contributed by atoms with Gasteiger partial charge in [0.1, 0.15) is 6.54 Å². The molecular formula is C21H17N7O4S. The van der Waals surface area contributed by atoms with Gasteiger partial charge in [-0.25, -0.2) is 0 Å². The Bertz CT molecular complexity index is 1490. The second-order valence-electron chi connectivity index (χ2n) is 7.21. The molecular weight excluding hydrogens is 446 g/mol. The van der Waals surface area contributed by atoms with Gasteiger partial charge >= 0.3 is 12.0 Å². The number of nitrogens with zero attached hydrogens (tertiary/aromatic N) is 6. The van der Waals surface area contributed by atoms with Crippen molar-refractivity contribution in [3.63, 3.8) is 0 Å². The molecule has 0 aliphatic rings. The van der Waals surface area contributed by atoms with Crippen molar-refractivity contribution in [1.29, 1.82) is 0 Å². The van der Waals surface area contributed by atoms with Crippen LogP contribution in [0.2, 0.25) is 0 Å². The predicted molar refractivity (Wildman–Crippen MR) is 120 cm³/mol. The number of thioether (sulfide) groups is 1. The summed E-state index contributed by atoms with van der Waals surface area (Å²) in [5.41, 5.74) is 3.36. The van der Waals surface area contributed by atoms with Gasteiger partial charge in [0.15, 0.2) is 5.16 Å². The van der Waals surface area contributed by atoms with Crippen LogP contribution in [-0.2, 0) is 16.1 Å². The lowest BCUT2D eigenvalue weighted by Gasteiger charge is -2.00. The first-order valence-electron chi connectivity index (χ1n) is 9.87. The summed E-state index contributed by atoms with van der Waals surface area (Å²) in [5, 5.41) is 24.5. The largest absolute Gasteiger partial charge is 0.480 e. The second-order valence-corrected chi connectivity index (χ2v) is 8.16. The number of anilines is 1. The minimum Gasteiger partial charge on any atom is -0.480 e. The van der Waals surface area contributed by atoms with Crippen molar-refractivity contribution < 1.29 is 19.2 Å². The zero-order chi connectivity index (χ0) is 22.9. The topological polar surface area (TPSA) is 140 Å². The molecule has 0 aliphatic heterocycles. The van der Waals surface area contributed by atoms with E-state index >= 15 is 0 Å². The summed E-state index contributed by atoms with van der Waals surface area (Å²) >= 11 is 1.16. The summed E-state index contributed by atoms with van der Waals surface area (Å²) in [4.78, 5) is 28.0. The van der Waals surface area contributed by atoms with Gasteiger partial charge in [-0.2, -0.15) is 4.98 Å². The third-order valence-corrected chi connectivity index (χ3v) is 5.81. The Morgan fingerprint density at radius 1 is 1.09 bits per heavy atom. The van der Waals surface area contributed by atoms with Crippen molar-refractivity contribution in [3.8, 4) is 11.4 Å². The quantitative estimate of drug-likeness (QED) is 0.349. The van der Waals surface area contributed by atoms with Crippen LogP contribution in [0.1, 0.15) is 5.56 Å². The number of aliphatic carboxylic acids is 1. The fourth-order valence-electron chi connectivity index (χ4n) is 3.40. The van der Waals surface area contributed by atoms with E-state index in [9.17, 15) is 14.7 Å². The maximum atomic E-state index is 12.4. The van der Waals surface area contributed by atoms with Gasteiger partial charge in [0.05, 0.1) is 16.8 Å². The van der Waals surface area contributed by atoms with Crippen LogP contribution in [0.15, 0.2) is 58.2 Å². The monoisotopic (exact) mass is 463 g/mol. The van der Waals surface area contributed by atoms with E-state index in [1.165, 1.54) is 0 Å². The molecule has 0 aliphatic carbocycles. The number of para-hydroxylation sites is 2. The van der Waals surface area contributed by atoms with E-state index < -0.39 is 5.97 Å². The zero-order valence-corrected chi connectivity index (χ0v) is 18.1. The molecule has 0 saturated heterocycles. The molecule has 2 N–H and O–H groups in total. The Hall–Kier alpha value is -4.19. The standard InChI is InChI=1S/C21H17N7O4S/c1-12-6-8-13(9-7-12)18-23-19(32-26-18)22-16(29)11-33-21-25-24-20-27(10-17(30)31)14-4-2-3-5-15(14)28(20)21/h2-9H,10-11H2,1H3,(H,30,31)(H,22,23,26,29). The molecule has 0 saturated carbocycles. The number of fused-ring (bicyclic) bond motifs is 3. The average molecular weight is 463 g/mol. The summed E-state index contributed by atoms with van der Waals surface area (Å²) in [7, 11) is 0. The molecule has 0 atom stereocenters. The van der Waals surface area contributed by atoms with Crippen LogP contribution in [0.5, 0.6) is 0 Å². The van der Waals surface area contributed by atoms with E-state index in [4.69, 9.17) is 4.52 Å². The van der Waals surface area contributed by atoms with Gasteiger partial charge in [-0.05, 0) is 19.1 Å². The van der Waals surface area contributed by atoms with Crippen molar-refractivity contribution in [2.24, 2.45) is 0 Å². The van der Waals surface area contributed by atoms with Crippen molar-refractivity contribution in [2.75, 3.05) is 11.1 Å². The third kappa shape index (κ3) is 4.03. The van der Waals surface area contributed by atoms with Crippen LogP contribution in [0.3, 0.4) is 0 Å². The number of aryl methyl sites for hydroxylation is 1. The summed E-state index contributed by atoms with van der Waals surface area (Å²) in [6.07, 6.45) is 0. The van der Waals surface area contributed by atoms with Crippen LogP contribution >= 0.6 is 11.8 Å². The highest BCUT2D eigenvalue weighted by molar-refractivity contribution is 7.99. The molecule has 0 radical (unpaired) electrons. The normalized spacial score (nSPS) is 11.3. The van der Waals surface area contributed by atoms with Crippen LogP contribution < -0.4 is 5.32 Å². The minimum absolute atomic E-state index is 0.000580. The van der Waals surface area contributed by atoms with Crippen molar-refractivity contribution >= 4 is 46.5 Å². The van der Waals surface area contributed by atoms with Gasteiger partial charge in [0.25, 0.3) is 0 Å². The lowest BCUT2D eigenvalue weighted by Crippen LogP contribution is -2.14. The highest BCUT2D eigenvalue weighted by Gasteiger charge is 2.19. The highest BCUT2D eigenvalue weighted by Crippen LogP contribution is 2.26. The van der Waals surface area contributed by atoms with E-state index in [2.05, 4.69) is 25.7 Å². The fraction of sp³-hybridized carbons (Fsp3) is 0.143. The molecule has 5 aromatic rings. The van der Waals surface area contributed by atoms with Crippen LogP contribution in [0, 0.1) is 6.92 Å². The number of benzene rings is 2. The van der Waals surface area contributed by atoms with Crippen molar-refractivity contribution in [1.82, 2.24) is 29.3 Å². The molecule has 3 heterocycles. The smallest absolute Gasteiger partial charge is 0.328 e. The number of aromatic nitrogens is 6. The SMILES string of the molecule is Cc1ccc(-c2noc(NC(=O)CSc3nnc4n(CC(=O)O)c5ccccc5n34)n2)cc1. The Kier molecular flexibility index (Phi) is 5.26. The van der Waals surface area contributed by atoms with Crippen molar-refractivity contribution in [3.05, 3.63) is 54.1 Å². The molecule has 0 unspecified atom stereocenters. The van der Waals surface area contributed by atoms with Gasteiger partial charge in [-0.15, -0.1) is 10.2 Å². The van der Waals surface area contributed by atoms with Crippen LogP contribution in [-0.4, -0.2) is 52.0 Å².